The Hall–Kier alpha value is -1.61. The maximum absolute atomic E-state index is 5.79. The average molecular weight is 418 g/mol. The fraction of sp³-hybridized carbons (Fsp3) is 0.435. The summed E-state index contributed by atoms with van der Waals surface area (Å²) in [5, 5.41) is 0. The number of hydrogen-bond acceptors (Lipinski definition) is 2. The minimum atomic E-state index is 0.784. The molecule has 0 saturated carbocycles. The molecule has 142 valence electrons. The van der Waals surface area contributed by atoms with Gasteiger partial charge in [0, 0.05) is 5.71 Å². The molecule has 0 spiro atoms. The zero-order chi connectivity index (χ0) is 19.4. The van der Waals surface area contributed by atoms with E-state index >= 15 is 0 Å². The third-order valence-corrected chi connectivity index (χ3v) is 4.97. The van der Waals surface area contributed by atoms with Gasteiger partial charge in [-0.2, -0.15) is 0 Å². The number of aliphatic imine (C=N–C) groups is 1. The van der Waals surface area contributed by atoms with Crippen molar-refractivity contribution < 1.29 is 4.74 Å². The highest BCUT2D eigenvalue weighted by Crippen LogP contribution is 2.17. The third kappa shape index (κ3) is 8.66. The van der Waals surface area contributed by atoms with E-state index < -0.39 is 0 Å². The molecule has 2 nitrogen and oxygen atoms in total. The van der Waals surface area contributed by atoms with Gasteiger partial charge in [0.2, 0.25) is 0 Å². The normalized spacial score (nSPS) is 13.0. The van der Waals surface area contributed by atoms with Crippen LogP contribution in [-0.4, -0.2) is 12.3 Å². The summed E-state index contributed by atoms with van der Waals surface area (Å²) in [5.74, 6) is 0.919. The highest BCUT2D eigenvalue weighted by Gasteiger charge is 2.01. The Morgan fingerprint density at radius 2 is 1.77 bits per heavy atom. The first-order chi connectivity index (χ1) is 12.5. The number of allylic oxidation sites excluding steroid dienone is 4. The molecule has 0 heterocycles. The predicted molar refractivity (Wildman–Crippen MR) is 118 cm³/mol. The molecule has 0 fully saturated rings. The summed E-state index contributed by atoms with van der Waals surface area (Å²) in [6.45, 7) is 13.2. The zero-order valence-electron chi connectivity index (χ0n) is 16.6. The lowest BCUT2D eigenvalue weighted by Gasteiger charge is -2.08. The van der Waals surface area contributed by atoms with Gasteiger partial charge in [-0.05, 0) is 66.6 Å². The highest BCUT2D eigenvalue weighted by molar-refractivity contribution is 9.11. The SMILES string of the molecule is C=C(N=C(C)c1ccc(OCCCCCC)cc1)/C(C)=C/C=C(/Br)CC. The van der Waals surface area contributed by atoms with Gasteiger partial charge in [0.25, 0.3) is 0 Å². The summed E-state index contributed by atoms with van der Waals surface area (Å²) in [6.07, 6.45) is 9.95. The number of rotatable bonds is 11. The topological polar surface area (TPSA) is 21.6 Å². The quantitative estimate of drug-likeness (QED) is 0.206. The van der Waals surface area contributed by atoms with Crippen molar-refractivity contribution in [3.63, 3.8) is 0 Å². The highest BCUT2D eigenvalue weighted by atomic mass is 79.9. The first-order valence-electron chi connectivity index (χ1n) is 9.48. The molecule has 0 aromatic heterocycles. The summed E-state index contributed by atoms with van der Waals surface area (Å²) in [5.41, 5.74) is 3.88. The Labute approximate surface area is 167 Å². The molecule has 1 rings (SSSR count). The first-order valence-corrected chi connectivity index (χ1v) is 10.3. The molecule has 0 bridgehead atoms. The Kier molecular flexibility index (Phi) is 11.0. The van der Waals surface area contributed by atoms with Crippen LogP contribution in [0.1, 0.15) is 65.4 Å². The van der Waals surface area contributed by atoms with Gasteiger partial charge < -0.3 is 4.74 Å². The molecule has 0 aliphatic heterocycles. The largest absolute Gasteiger partial charge is 0.494 e. The Morgan fingerprint density at radius 1 is 1.08 bits per heavy atom. The molecule has 0 saturated heterocycles. The van der Waals surface area contributed by atoms with Crippen molar-refractivity contribution in [1.82, 2.24) is 0 Å². The molecule has 1 aromatic rings. The summed E-state index contributed by atoms with van der Waals surface area (Å²) in [6, 6.07) is 8.14. The van der Waals surface area contributed by atoms with Crippen molar-refractivity contribution in [2.45, 2.75) is 59.8 Å². The van der Waals surface area contributed by atoms with Crippen molar-refractivity contribution in [3.05, 3.63) is 64.3 Å². The van der Waals surface area contributed by atoms with Gasteiger partial charge in [-0.15, -0.1) is 0 Å². The number of nitrogens with zero attached hydrogens (tertiary/aromatic N) is 1. The van der Waals surface area contributed by atoms with E-state index in [4.69, 9.17) is 4.74 Å². The molecule has 26 heavy (non-hydrogen) atoms. The molecular weight excluding hydrogens is 386 g/mol. The van der Waals surface area contributed by atoms with E-state index in [0.29, 0.717) is 0 Å². The van der Waals surface area contributed by atoms with Crippen LogP contribution in [0, 0.1) is 0 Å². The van der Waals surface area contributed by atoms with Crippen LogP contribution < -0.4 is 4.74 Å². The fourth-order valence-electron chi connectivity index (χ4n) is 2.30. The molecular formula is C23H32BrNO. The molecule has 0 amide bonds. The van der Waals surface area contributed by atoms with Crippen LogP contribution in [0.5, 0.6) is 5.75 Å². The number of halogens is 1. The molecule has 3 heteroatoms. The zero-order valence-corrected chi connectivity index (χ0v) is 18.2. The Bertz CT molecular complexity index is 653. The maximum Gasteiger partial charge on any atom is 0.119 e. The van der Waals surface area contributed by atoms with Gasteiger partial charge in [-0.3, -0.25) is 4.99 Å². The van der Waals surface area contributed by atoms with Crippen molar-refractivity contribution in [1.29, 1.82) is 0 Å². The van der Waals surface area contributed by atoms with Crippen LogP contribution >= 0.6 is 15.9 Å². The maximum atomic E-state index is 5.79. The average Bonchev–Trinajstić information content (AvgIpc) is 2.65. The molecule has 0 aliphatic rings. The van der Waals surface area contributed by atoms with Crippen LogP contribution in [0.15, 0.2) is 63.7 Å². The second-order valence-corrected chi connectivity index (χ2v) is 7.41. The standard InChI is InChI=1S/C23H32BrNO/c1-6-8-9-10-17-26-23-15-12-21(13-16-23)20(5)25-19(4)18(3)11-14-22(24)7-2/h11-16H,4,6-10,17H2,1-3,5H3/b18-11+,22-14+,25-20?. The van der Waals surface area contributed by atoms with E-state index in [9.17, 15) is 0 Å². The lowest BCUT2D eigenvalue weighted by Crippen LogP contribution is -1.99. The number of unbranched alkanes of at least 4 members (excludes halogenated alkanes) is 3. The Balaban J connectivity index is 2.64. The molecule has 1 aromatic carbocycles. The van der Waals surface area contributed by atoms with Gasteiger partial charge >= 0.3 is 0 Å². The molecule has 0 atom stereocenters. The number of hydrogen-bond donors (Lipinski definition) is 0. The fourth-order valence-corrected chi connectivity index (χ4v) is 2.43. The van der Waals surface area contributed by atoms with Gasteiger partial charge in [0.1, 0.15) is 5.75 Å². The van der Waals surface area contributed by atoms with E-state index in [1.54, 1.807) is 0 Å². The molecule has 0 N–H and O–H groups in total. The monoisotopic (exact) mass is 417 g/mol. The molecule has 0 aliphatic carbocycles. The lowest BCUT2D eigenvalue weighted by atomic mass is 10.1. The summed E-state index contributed by atoms with van der Waals surface area (Å²) in [7, 11) is 0. The van der Waals surface area contributed by atoms with Crippen LogP contribution in [0.25, 0.3) is 0 Å². The van der Waals surface area contributed by atoms with E-state index in [1.807, 2.05) is 32.1 Å². The van der Waals surface area contributed by atoms with Gasteiger partial charge in [0.15, 0.2) is 0 Å². The van der Waals surface area contributed by atoms with Gasteiger partial charge in [-0.1, -0.05) is 67.8 Å². The van der Waals surface area contributed by atoms with Crippen LogP contribution in [0.2, 0.25) is 0 Å². The second kappa shape index (κ2) is 12.7. The van der Waals surface area contributed by atoms with E-state index in [2.05, 4.69) is 59.6 Å². The van der Waals surface area contributed by atoms with E-state index in [1.165, 1.54) is 19.3 Å². The number of benzene rings is 1. The summed E-state index contributed by atoms with van der Waals surface area (Å²) >= 11 is 3.52. The van der Waals surface area contributed by atoms with Gasteiger partial charge in [0.05, 0.1) is 12.3 Å². The first kappa shape index (κ1) is 22.4. The van der Waals surface area contributed by atoms with Crippen molar-refractivity contribution in [2.75, 3.05) is 6.61 Å². The van der Waals surface area contributed by atoms with Crippen LogP contribution in [0.3, 0.4) is 0 Å². The van der Waals surface area contributed by atoms with Crippen LogP contribution in [-0.2, 0) is 0 Å². The third-order valence-electron chi connectivity index (χ3n) is 4.15. The van der Waals surface area contributed by atoms with Crippen molar-refractivity contribution in [3.8, 4) is 5.75 Å². The van der Waals surface area contributed by atoms with Gasteiger partial charge in [-0.25, -0.2) is 0 Å². The predicted octanol–water partition coefficient (Wildman–Crippen LogP) is 7.60. The second-order valence-electron chi connectivity index (χ2n) is 6.39. The van der Waals surface area contributed by atoms with E-state index in [-0.39, 0.29) is 0 Å². The smallest absolute Gasteiger partial charge is 0.119 e. The molecule has 0 radical (unpaired) electrons. The lowest BCUT2D eigenvalue weighted by molar-refractivity contribution is 0.305. The summed E-state index contributed by atoms with van der Waals surface area (Å²) < 4.78 is 6.96. The van der Waals surface area contributed by atoms with Crippen molar-refractivity contribution in [2.24, 2.45) is 4.99 Å². The summed E-state index contributed by atoms with van der Waals surface area (Å²) in [4.78, 5) is 4.64. The number of ether oxygens (including phenoxy) is 1. The minimum absolute atomic E-state index is 0.784. The Morgan fingerprint density at radius 3 is 2.38 bits per heavy atom. The molecule has 0 unspecified atom stereocenters. The van der Waals surface area contributed by atoms with E-state index in [0.717, 1.165) is 52.2 Å². The van der Waals surface area contributed by atoms with Crippen molar-refractivity contribution >= 4 is 21.6 Å². The minimum Gasteiger partial charge on any atom is -0.494 e. The van der Waals surface area contributed by atoms with Crippen LogP contribution in [0.4, 0.5) is 0 Å².